The Hall–Kier alpha value is -1.69. The van der Waals surface area contributed by atoms with Crippen LogP contribution in [0.25, 0.3) is 0 Å². The predicted molar refractivity (Wildman–Crippen MR) is 63.1 cm³/mol. The normalized spacial score (nSPS) is 20.4. The highest BCUT2D eigenvalue weighted by Gasteiger charge is 2.19. The van der Waals surface area contributed by atoms with Gasteiger partial charge in [-0.2, -0.15) is 0 Å². The number of aromatic carboxylic acids is 1. The Bertz CT molecular complexity index is 410. The molecule has 0 aliphatic carbocycles. The maximum Gasteiger partial charge on any atom is 0.354 e. The second-order valence-corrected chi connectivity index (χ2v) is 4.37. The molecule has 0 bridgehead atoms. The number of carbonyl (C=O) groups is 1. The van der Waals surface area contributed by atoms with E-state index in [1.165, 1.54) is 12.3 Å². The van der Waals surface area contributed by atoms with E-state index in [-0.39, 0.29) is 5.69 Å². The third-order valence-electron chi connectivity index (χ3n) is 2.91. The summed E-state index contributed by atoms with van der Waals surface area (Å²) in [6.07, 6.45) is 2.61. The number of likely N-dealkylation sites (tertiary alicyclic amines) is 1. The molecule has 6 heteroatoms. The van der Waals surface area contributed by atoms with E-state index in [0.29, 0.717) is 11.9 Å². The maximum atomic E-state index is 10.7. The summed E-state index contributed by atoms with van der Waals surface area (Å²) in [5, 5.41) is 11.9. The minimum atomic E-state index is -1.03. The van der Waals surface area contributed by atoms with Crippen LogP contribution in [0, 0.1) is 5.92 Å². The van der Waals surface area contributed by atoms with Crippen molar-refractivity contribution >= 4 is 11.9 Å². The van der Waals surface area contributed by atoms with Gasteiger partial charge in [-0.05, 0) is 32.0 Å². The van der Waals surface area contributed by atoms with Gasteiger partial charge < -0.3 is 15.3 Å². The van der Waals surface area contributed by atoms with Gasteiger partial charge in [-0.3, -0.25) is 0 Å². The lowest BCUT2D eigenvalue weighted by Gasteiger charge is -2.11. The number of hydrogen-bond donors (Lipinski definition) is 2. The van der Waals surface area contributed by atoms with Crippen LogP contribution in [-0.4, -0.2) is 52.6 Å². The monoisotopic (exact) mass is 236 g/mol. The van der Waals surface area contributed by atoms with Crippen molar-refractivity contribution in [3.05, 3.63) is 18.0 Å². The Balaban J connectivity index is 1.90. The molecule has 0 amide bonds. The molecule has 0 saturated carbocycles. The van der Waals surface area contributed by atoms with E-state index >= 15 is 0 Å². The molecular weight excluding hydrogens is 220 g/mol. The largest absolute Gasteiger partial charge is 0.477 e. The highest BCUT2D eigenvalue weighted by molar-refractivity contribution is 5.85. The molecule has 1 aromatic heterocycles. The molecule has 1 unspecified atom stereocenters. The molecule has 0 aromatic carbocycles. The minimum Gasteiger partial charge on any atom is -0.477 e. The molecule has 92 valence electrons. The first-order chi connectivity index (χ1) is 8.15. The van der Waals surface area contributed by atoms with Crippen molar-refractivity contribution < 1.29 is 9.90 Å². The third-order valence-corrected chi connectivity index (χ3v) is 2.91. The van der Waals surface area contributed by atoms with E-state index in [0.717, 1.165) is 26.1 Å². The van der Waals surface area contributed by atoms with Gasteiger partial charge in [-0.15, -0.1) is 0 Å². The van der Waals surface area contributed by atoms with Crippen molar-refractivity contribution in [2.75, 3.05) is 32.0 Å². The van der Waals surface area contributed by atoms with E-state index in [1.807, 2.05) is 0 Å². The molecule has 1 fully saturated rings. The Labute approximate surface area is 99.7 Å². The van der Waals surface area contributed by atoms with Gasteiger partial charge in [-0.1, -0.05) is 0 Å². The fraction of sp³-hybridized carbons (Fsp3) is 0.545. The fourth-order valence-corrected chi connectivity index (χ4v) is 1.99. The summed E-state index contributed by atoms with van der Waals surface area (Å²) in [5.41, 5.74) is 0.0195. The molecule has 1 saturated heterocycles. The molecule has 17 heavy (non-hydrogen) atoms. The number of carboxylic acid groups (broad SMARTS) is 1. The zero-order valence-corrected chi connectivity index (χ0v) is 9.76. The second kappa shape index (κ2) is 5.09. The average molecular weight is 236 g/mol. The van der Waals surface area contributed by atoms with Crippen LogP contribution in [0.5, 0.6) is 0 Å². The molecule has 1 atom stereocenters. The SMILES string of the molecule is CN1CCC(CNc2nccc(C(=O)O)n2)C1. The number of aromatic nitrogens is 2. The summed E-state index contributed by atoms with van der Waals surface area (Å²) in [7, 11) is 2.10. The molecule has 6 nitrogen and oxygen atoms in total. The Kier molecular flexibility index (Phi) is 3.53. The van der Waals surface area contributed by atoms with Crippen LogP contribution in [0.15, 0.2) is 12.3 Å². The van der Waals surface area contributed by atoms with Crippen LogP contribution in [0.3, 0.4) is 0 Å². The summed E-state index contributed by atoms with van der Waals surface area (Å²) >= 11 is 0. The molecule has 0 spiro atoms. The number of anilines is 1. The van der Waals surface area contributed by atoms with Crippen LogP contribution in [-0.2, 0) is 0 Å². The highest BCUT2D eigenvalue weighted by atomic mass is 16.4. The predicted octanol–water partition coefficient (Wildman–Crippen LogP) is 0.538. The van der Waals surface area contributed by atoms with E-state index in [9.17, 15) is 4.79 Å². The fourth-order valence-electron chi connectivity index (χ4n) is 1.99. The highest BCUT2D eigenvalue weighted by Crippen LogP contribution is 2.14. The molecule has 2 rings (SSSR count). The Morgan fingerprint density at radius 2 is 2.53 bits per heavy atom. The van der Waals surface area contributed by atoms with Gasteiger partial charge in [0.25, 0.3) is 0 Å². The lowest BCUT2D eigenvalue weighted by molar-refractivity contribution is 0.0690. The molecule has 2 heterocycles. The van der Waals surface area contributed by atoms with Crippen LogP contribution in [0.1, 0.15) is 16.9 Å². The van der Waals surface area contributed by atoms with Gasteiger partial charge in [0.1, 0.15) is 0 Å². The van der Waals surface area contributed by atoms with E-state index in [2.05, 4.69) is 27.2 Å². The van der Waals surface area contributed by atoms with Crippen LogP contribution in [0.4, 0.5) is 5.95 Å². The Morgan fingerprint density at radius 1 is 1.71 bits per heavy atom. The van der Waals surface area contributed by atoms with E-state index < -0.39 is 5.97 Å². The molecule has 2 N–H and O–H groups in total. The zero-order valence-electron chi connectivity index (χ0n) is 9.76. The lowest BCUT2D eigenvalue weighted by atomic mass is 10.1. The number of rotatable bonds is 4. The first-order valence-electron chi connectivity index (χ1n) is 5.64. The van der Waals surface area contributed by atoms with Gasteiger partial charge in [-0.25, -0.2) is 14.8 Å². The summed E-state index contributed by atoms with van der Waals surface area (Å²) < 4.78 is 0. The molecule has 1 aliphatic heterocycles. The number of nitrogens with one attached hydrogen (secondary N) is 1. The topological polar surface area (TPSA) is 78.4 Å². The zero-order chi connectivity index (χ0) is 12.3. The molecular formula is C11H16N4O2. The summed E-state index contributed by atoms with van der Waals surface area (Å²) in [4.78, 5) is 20.9. The third kappa shape index (κ3) is 3.13. The first kappa shape index (κ1) is 11.8. The lowest BCUT2D eigenvalue weighted by Crippen LogP contribution is -2.20. The minimum absolute atomic E-state index is 0.0195. The molecule has 0 radical (unpaired) electrons. The van der Waals surface area contributed by atoms with Crippen LogP contribution < -0.4 is 5.32 Å². The standard InChI is InChI=1S/C11H16N4O2/c1-15-5-3-8(7-15)6-13-11-12-4-2-9(14-11)10(16)17/h2,4,8H,3,5-7H2,1H3,(H,16,17)(H,12,13,14). The average Bonchev–Trinajstić information content (AvgIpc) is 2.73. The quantitative estimate of drug-likeness (QED) is 0.794. The first-order valence-corrected chi connectivity index (χ1v) is 5.64. The van der Waals surface area contributed by atoms with Gasteiger partial charge in [0.15, 0.2) is 5.69 Å². The van der Waals surface area contributed by atoms with Crippen molar-refractivity contribution in [2.45, 2.75) is 6.42 Å². The molecule has 1 aromatic rings. The summed E-state index contributed by atoms with van der Waals surface area (Å²) in [6.45, 7) is 2.96. The summed E-state index contributed by atoms with van der Waals surface area (Å²) in [5.74, 6) is -0.0624. The number of hydrogen-bond acceptors (Lipinski definition) is 5. The van der Waals surface area contributed by atoms with E-state index in [1.54, 1.807) is 0 Å². The van der Waals surface area contributed by atoms with Gasteiger partial charge in [0.05, 0.1) is 0 Å². The smallest absolute Gasteiger partial charge is 0.354 e. The van der Waals surface area contributed by atoms with Crippen molar-refractivity contribution in [3.8, 4) is 0 Å². The number of carboxylic acids is 1. The van der Waals surface area contributed by atoms with Crippen molar-refractivity contribution in [1.29, 1.82) is 0 Å². The van der Waals surface area contributed by atoms with E-state index in [4.69, 9.17) is 5.11 Å². The van der Waals surface area contributed by atoms with Crippen LogP contribution in [0.2, 0.25) is 0 Å². The van der Waals surface area contributed by atoms with Crippen molar-refractivity contribution in [2.24, 2.45) is 5.92 Å². The van der Waals surface area contributed by atoms with Crippen LogP contribution >= 0.6 is 0 Å². The summed E-state index contributed by atoms with van der Waals surface area (Å²) in [6, 6.07) is 1.39. The van der Waals surface area contributed by atoms with Gasteiger partial charge in [0.2, 0.25) is 5.95 Å². The van der Waals surface area contributed by atoms with Gasteiger partial charge >= 0.3 is 5.97 Å². The van der Waals surface area contributed by atoms with Crippen molar-refractivity contribution in [1.82, 2.24) is 14.9 Å². The van der Waals surface area contributed by atoms with Crippen molar-refractivity contribution in [3.63, 3.8) is 0 Å². The maximum absolute atomic E-state index is 10.7. The number of nitrogens with zero attached hydrogens (tertiary/aromatic N) is 3. The second-order valence-electron chi connectivity index (χ2n) is 4.37. The Morgan fingerprint density at radius 3 is 3.18 bits per heavy atom. The molecule has 1 aliphatic rings. The van der Waals surface area contributed by atoms with Gasteiger partial charge in [0, 0.05) is 19.3 Å².